The summed E-state index contributed by atoms with van der Waals surface area (Å²) in [5, 5.41) is 3.11. The van der Waals surface area contributed by atoms with Crippen LogP contribution >= 0.6 is 11.3 Å². The van der Waals surface area contributed by atoms with Gasteiger partial charge in [-0.3, -0.25) is 0 Å². The van der Waals surface area contributed by atoms with Crippen molar-refractivity contribution in [2.24, 2.45) is 5.73 Å². The second-order valence-electron chi connectivity index (χ2n) is 4.25. The van der Waals surface area contributed by atoms with Crippen molar-refractivity contribution in [1.29, 1.82) is 0 Å². The van der Waals surface area contributed by atoms with E-state index in [-0.39, 0.29) is 0 Å². The maximum absolute atomic E-state index is 5.91. The average Bonchev–Trinajstić information content (AvgIpc) is 2.75. The Morgan fingerprint density at radius 1 is 1.33 bits per heavy atom. The van der Waals surface area contributed by atoms with Crippen molar-refractivity contribution >= 4 is 11.3 Å². The van der Waals surface area contributed by atoms with Crippen molar-refractivity contribution in [3.05, 3.63) is 45.4 Å². The van der Waals surface area contributed by atoms with Crippen LogP contribution in [0, 0.1) is 13.8 Å². The number of nitrogens with two attached hydrogens (primary N) is 1. The van der Waals surface area contributed by atoms with Crippen molar-refractivity contribution in [2.45, 2.75) is 26.9 Å². The summed E-state index contributed by atoms with van der Waals surface area (Å²) < 4.78 is 5.91. The highest BCUT2D eigenvalue weighted by molar-refractivity contribution is 7.09. The molecule has 0 saturated heterocycles. The highest BCUT2D eigenvalue weighted by Crippen LogP contribution is 2.25. The minimum Gasteiger partial charge on any atom is -0.487 e. The summed E-state index contributed by atoms with van der Waals surface area (Å²) in [6.45, 7) is 5.21. The zero-order valence-corrected chi connectivity index (χ0v) is 11.6. The Hall–Kier alpha value is -1.39. The van der Waals surface area contributed by atoms with E-state index >= 15 is 0 Å². The van der Waals surface area contributed by atoms with E-state index in [2.05, 4.69) is 24.0 Å². The van der Waals surface area contributed by atoms with Gasteiger partial charge in [0.05, 0.1) is 10.7 Å². The number of thiazole rings is 1. The minimum atomic E-state index is 0.521. The van der Waals surface area contributed by atoms with E-state index in [1.54, 1.807) is 11.3 Å². The third kappa shape index (κ3) is 3.09. The number of para-hydroxylation sites is 1. The van der Waals surface area contributed by atoms with Crippen LogP contribution in [0.5, 0.6) is 5.75 Å². The Kier molecular flexibility index (Phi) is 4.33. The molecule has 0 unspecified atom stereocenters. The molecule has 1 heterocycles. The van der Waals surface area contributed by atoms with Crippen LogP contribution < -0.4 is 10.5 Å². The van der Waals surface area contributed by atoms with E-state index in [1.807, 2.05) is 18.4 Å². The molecule has 2 N–H and O–H groups in total. The fraction of sp³-hybridized carbons (Fsp3) is 0.357. The molecular formula is C14H18N2OS. The number of rotatable bonds is 5. The van der Waals surface area contributed by atoms with Gasteiger partial charge in [0.1, 0.15) is 12.4 Å². The molecule has 1 aromatic heterocycles. The van der Waals surface area contributed by atoms with Crippen LogP contribution in [-0.4, -0.2) is 11.5 Å². The summed E-state index contributed by atoms with van der Waals surface area (Å²) >= 11 is 1.65. The molecule has 2 rings (SSSR count). The lowest BCUT2D eigenvalue weighted by Crippen LogP contribution is -2.06. The monoisotopic (exact) mass is 262 g/mol. The molecule has 0 saturated carbocycles. The van der Waals surface area contributed by atoms with Gasteiger partial charge in [0, 0.05) is 5.38 Å². The molecule has 18 heavy (non-hydrogen) atoms. The number of ether oxygens (including phenoxy) is 1. The molecule has 0 amide bonds. The fourth-order valence-corrected chi connectivity index (χ4v) is 2.49. The molecule has 0 aliphatic carbocycles. The SMILES string of the molecule is Cc1nc(COc2c(C)cccc2CCN)cs1. The molecule has 1 aromatic carbocycles. The quantitative estimate of drug-likeness (QED) is 0.901. The number of hydrogen-bond donors (Lipinski definition) is 1. The molecule has 0 aliphatic rings. The van der Waals surface area contributed by atoms with E-state index < -0.39 is 0 Å². The molecule has 96 valence electrons. The van der Waals surface area contributed by atoms with Gasteiger partial charge in [-0.15, -0.1) is 11.3 Å². The van der Waals surface area contributed by atoms with Crippen LogP contribution in [-0.2, 0) is 13.0 Å². The molecule has 3 nitrogen and oxygen atoms in total. The van der Waals surface area contributed by atoms with Gasteiger partial charge < -0.3 is 10.5 Å². The van der Waals surface area contributed by atoms with Gasteiger partial charge in [-0.2, -0.15) is 0 Å². The van der Waals surface area contributed by atoms with Crippen molar-refractivity contribution in [3.63, 3.8) is 0 Å². The third-order valence-corrected chi connectivity index (χ3v) is 3.56. The first-order valence-electron chi connectivity index (χ1n) is 6.03. The van der Waals surface area contributed by atoms with E-state index in [9.17, 15) is 0 Å². The molecule has 0 fully saturated rings. The predicted molar refractivity (Wildman–Crippen MR) is 75.1 cm³/mol. The third-order valence-electron chi connectivity index (χ3n) is 2.74. The molecule has 0 atom stereocenters. The van der Waals surface area contributed by atoms with Gasteiger partial charge in [-0.25, -0.2) is 4.98 Å². The Balaban J connectivity index is 2.12. The number of aromatic nitrogens is 1. The number of aryl methyl sites for hydroxylation is 2. The van der Waals surface area contributed by atoms with Crippen molar-refractivity contribution in [1.82, 2.24) is 4.98 Å². The van der Waals surface area contributed by atoms with Gasteiger partial charge in [0.15, 0.2) is 0 Å². The highest BCUT2D eigenvalue weighted by Gasteiger charge is 2.07. The minimum absolute atomic E-state index is 0.521. The largest absolute Gasteiger partial charge is 0.487 e. The van der Waals surface area contributed by atoms with Crippen LogP contribution in [0.2, 0.25) is 0 Å². The normalized spacial score (nSPS) is 10.6. The topological polar surface area (TPSA) is 48.1 Å². The maximum atomic E-state index is 5.91. The van der Waals surface area contributed by atoms with E-state index in [0.29, 0.717) is 13.2 Å². The standard InChI is InChI=1S/C14H18N2OS/c1-10-4-3-5-12(6-7-15)14(10)17-8-13-9-18-11(2)16-13/h3-5,9H,6-8,15H2,1-2H3. The lowest BCUT2D eigenvalue weighted by molar-refractivity contribution is 0.296. The molecule has 0 aliphatic heterocycles. The lowest BCUT2D eigenvalue weighted by Gasteiger charge is -2.12. The molecule has 0 bridgehead atoms. The molecule has 0 spiro atoms. The van der Waals surface area contributed by atoms with Crippen LogP contribution in [0.4, 0.5) is 0 Å². The first-order chi connectivity index (χ1) is 8.70. The first kappa shape index (κ1) is 13.1. The molecule has 4 heteroatoms. The van der Waals surface area contributed by atoms with Crippen molar-refractivity contribution in [3.8, 4) is 5.75 Å². The van der Waals surface area contributed by atoms with Crippen LogP contribution in [0.15, 0.2) is 23.6 Å². The van der Waals surface area contributed by atoms with E-state index in [1.165, 1.54) is 5.56 Å². The summed E-state index contributed by atoms with van der Waals surface area (Å²) in [5.41, 5.74) is 8.93. The van der Waals surface area contributed by atoms with Gasteiger partial charge in [-0.1, -0.05) is 18.2 Å². The molecule has 2 aromatic rings. The lowest BCUT2D eigenvalue weighted by atomic mass is 10.1. The Morgan fingerprint density at radius 3 is 2.83 bits per heavy atom. The first-order valence-corrected chi connectivity index (χ1v) is 6.91. The highest BCUT2D eigenvalue weighted by atomic mass is 32.1. The molecule has 0 radical (unpaired) electrons. The smallest absolute Gasteiger partial charge is 0.131 e. The van der Waals surface area contributed by atoms with Crippen LogP contribution in [0.1, 0.15) is 21.8 Å². The van der Waals surface area contributed by atoms with Crippen LogP contribution in [0.25, 0.3) is 0 Å². The van der Waals surface area contributed by atoms with Gasteiger partial charge in [-0.05, 0) is 37.9 Å². The second-order valence-corrected chi connectivity index (χ2v) is 5.31. The van der Waals surface area contributed by atoms with Crippen LogP contribution in [0.3, 0.4) is 0 Å². The summed E-state index contributed by atoms with van der Waals surface area (Å²) in [7, 11) is 0. The summed E-state index contributed by atoms with van der Waals surface area (Å²) in [4.78, 5) is 4.40. The fourth-order valence-electron chi connectivity index (χ4n) is 1.89. The van der Waals surface area contributed by atoms with Gasteiger partial charge in [0.25, 0.3) is 0 Å². The number of benzene rings is 1. The maximum Gasteiger partial charge on any atom is 0.131 e. The number of nitrogens with zero attached hydrogens (tertiary/aromatic N) is 1. The Morgan fingerprint density at radius 2 is 2.17 bits per heavy atom. The van der Waals surface area contributed by atoms with Gasteiger partial charge >= 0.3 is 0 Å². The predicted octanol–water partition coefficient (Wildman–Crippen LogP) is 2.84. The summed E-state index contributed by atoms with van der Waals surface area (Å²) in [6, 6.07) is 6.17. The Bertz CT molecular complexity index is 522. The second kappa shape index (κ2) is 5.98. The Labute approximate surface area is 112 Å². The van der Waals surface area contributed by atoms with Crippen molar-refractivity contribution < 1.29 is 4.74 Å². The zero-order chi connectivity index (χ0) is 13.0. The average molecular weight is 262 g/mol. The summed E-state index contributed by atoms with van der Waals surface area (Å²) in [5.74, 6) is 0.952. The van der Waals surface area contributed by atoms with E-state index in [0.717, 1.165) is 28.4 Å². The zero-order valence-electron chi connectivity index (χ0n) is 10.8. The molecular weight excluding hydrogens is 244 g/mol. The number of hydrogen-bond acceptors (Lipinski definition) is 4. The van der Waals surface area contributed by atoms with E-state index in [4.69, 9.17) is 10.5 Å². The van der Waals surface area contributed by atoms with Gasteiger partial charge in [0.2, 0.25) is 0 Å². The summed E-state index contributed by atoms with van der Waals surface area (Å²) in [6.07, 6.45) is 0.840. The van der Waals surface area contributed by atoms with Crippen molar-refractivity contribution in [2.75, 3.05) is 6.54 Å².